The summed E-state index contributed by atoms with van der Waals surface area (Å²) in [6.45, 7) is 4.52. The highest BCUT2D eigenvalue weighted by Gasteiger charge is 2.46. The Morgan fingerprint density at radius 1 is 1.42 bits per heavy atom. The van der Waals surface area contributed by atoms with E-state index in [1.807, 2.05) is 13.8 Å². The molecule has 1 fully saturated rings. The van der Waals surface area contributed by atoms with Gasteiger partial charge in [-0.05, 0) is 25.0 Å². The minimum atomic E-state index is -0.958. The molecule has 19 heavy (non-hydrogen) atoms. The summed E-state index contributed by atoms with van der Waals surface area (Å²) in [5.41, 5.74) is -0.462. The first-order valence-corrected chi connectivity index (χ1v) is 6.38. The zero-order valence-corrected chi connectivity index (χ0v) is 11.0. The molecule has 1 atom stereocenters. The summed E-state index contributed by atoms with van der Waals surface area (Å²) in [4.78, 5) is 20.5. The number of nitrogens with zero attached hydrogens (tertiary/aromatic N) is 2. The number of hydrogen-bond donors (Lipinski definition) is 2. The van der Waals surface area contributed by atoms with Crippen molar-refractivity contribution in [2.24, 2.45) is 4.99 Å². The van der Waals surface area contributed by atoms with Crippen molar-refractivity contribution < 1.29 is 9.18 Å². The molecule has 6 heteroatoms. The Morgan fingerprint density at radius 2 is 2.21 bits per heavy atom. The second kappa shape index (κ2) is 5.34. The SMILES string of the molecule is CCCN=C1NC(=O)C(CC)(c2ccc(F)cn2)N1. The van der Waals surface area contributed by atoms with Crippen LogP contribution in [0, 0.1) is 5.82 Å². The van der Waals surface area contributed by atoms with E-state index in [1.165, 1.54) is 12.1 Å². The van der Waals surface area contributed by atoms with Gasteiger partial charge in [-0.3, -0.25) is 20.1 Å². The van der Waals surface area contributed by atoms with Crippen molar-refractivity contribution in [3.8, 4) is 0 Å². The van der Waals surface area contributed by atoms with Gasteiger partial charge in [0.2, 0.25) is 0 Å². The van der Waals surface area contributed by atoms with Crippen LogP contribution in [0.3, 0.4) is 0 Å². The summed E-state index contributed by atoms with van der Waals surface area (Å²) in [5, 5.41) is 5.79. The summed E-state index contributed by atoms with van der Waals surface area (Å²) in [5.74, 6) is -0.169. The molecule has 1 amide bonds. The zero-order valence-electron chi connectivity index (χ0n) is 11.0. The number of aliphatic imine (C=N–C) groups is 1. The molecule has 0 aromatic carbocycles. The zero-order chi connectivity index (χ0) is 13.9. The Bertz CT molecular complexity index is 500. The first-order chi connectivity index (χ1) is 9.12. The first-order valence-electron chi connectivity index (χ1n) is 6.38. The predicted molar refractivity (Wildman–Crippen MR) is 70.0 cm³/mol. The van der Waals surface area contributed by atoms with Gasteiger partial charge in [-0.2, -0.15) is 0 Å². The van der Waals surface area contributed by atoms with E-state index in [0.717, 1.165) is 12.6 Å². The first kappa shape index (κ1) is 13.5. The van der Waals surface area contributed by atoms with E-state index >= 15 is 0 Å². The number of pyridine rings is 1. The fourth-order valence-electron chi connectivity index (χ4n) is 2.05. The van der Waals surface area contributed by atoms with Crippen LogP contribution in [0.4, 0.5) is 4.39 Å². The fourth-order valence-corrected chi connectivity index (χ4v) is 2.05. The normalized spacial score (nSPS) is 24.4. The molecule has 1 saturated heterocycles. The maximum absolute atomic E-state index is 12.9. The maximum atomic E-state index is 12.9. The average molecular weight is 264 g/mol. The number of amides is 1. The topological polar surface area (TPSA) is 66.4 Å². The molecular formula is C13H17FN4O. The molecule has 0 spiro atoms. The molecule has 0 saturated carbocycles. The molecular weight excluding hydrogens is 247 g/mol. The summed E-state index contributed by atoms with van der Waals surface area (Å²) >= 11 is 0. The van der Waals surface area contributed by atoms with Gasteiger partial charge in [-0.1, -0.05) is 13.8 Å². The van der Waals surface area contributed by atoms with Crippen molar-refractivity contribution in [3.63, 3.8) is 0 Å². The van der Waals surface area contributed by atoms with Crippen LogP contribution in [0.15, 0.2) is 23.3 Å². The molecule has 2 rings (SSSR count). The fraction of sp³-hybridized carbons (Fsp3) is 0.462. The number of guanidine groups is 1. The van der Waals surface area contributed by atoms with Crippen molar-refractivity contribution in [1.82, 2.24) is 15.6 Å². The highest BCUT2D eigenvalue weighted by molar-refractivity contribution is 6.09. The molecule has 1 unspecified atom stereocenters. The van der Waals surface area contributed by atoms with E-state index in [2.05, 4.69) is 20.6 Å². The van der Waals surface area contributed by atoms with Crippen molar-refractivity contribution >= 4 is 11.9 Å². The number of hydrogen-bond acceptors (Lipinski definition) is 3. The number of carbonyl (C=O) groups is 1. The van der Waals surface area contributed by atoms with E-state index in [9.17, 15) is 9.18 Å². The lowest BCUT2D eigenvalue weighted by molar-refractivity contribution is -0.124. The summed E-state index contributed by atoms with van der Waals surface area (Å²) in [7, 11) is 0. The summed E-state index contributed by atoms with van der Waals surface area (Å²) in [6.07, 6.45) is 2.51. The Morgan fingerprint density at radius 3 is 2.79 bits per heavy atom. The summed E-state index contributed by atoms with van der Waals surface area (Å²) in [6, 6.07) is 2.82. The third kappa shape index (κ3) is 2.43. The Balaban J connectivity index is 2.33. The van der Waals surface area contributed by atoms with E-state index in [1.54, 1.807) is 0 Å². The van der Waals surface area contributed by atoms with Crippen LogP contribution in [-0.4, -0.2) is 23.4 Å². The highest BCUT2D eigenvalue weighted by Crippen LogP contribution is 2.26. The van der Waals surface area contributed by atoms with Crippen molar-refractivity contribution in [1.29, 1.82) is 0 Å². The molecule has 1 aliphatic rings. The van der Waals surface area contributed by atoms with Gasteiger partial charge < -0.3 is 5.32 Å². The van der Waals surface area contributed by atoms with E-state index in [-0.39, 0.29) is 5.91 Å². The molecule has 0 radical (unpaired) electrons. The molecule has 5 nitrogen and oxygen atoms in total. The standard InChI is InChI=1S/C13H17FN4O/c1-3-7-15-12-17-11(19)13(4-2,18-12)10-6-5-9(14)8-16-10/h5-6,8H,3-4,7H2,1-2H3,(H2,15,17,18,19). The maximum Gasteiger partial charge on any atom is 0.258 e. The van der Waals surface area contributed by atoms with Crippen molar-refractivity contribution in [2.75, 3.05) is 6.54 Å². The number of aromatic nitrogens is 1. The van der Waals surface area contributed by atoms with Crippen molar-refractivity contribution in [2.45, 2.75) is 32.2 Å². The molecule has 2 heterocycles. The second-order valence-corrected chi connectivity index (χ2v) is 4.43. The minimum Gasteiger partial charge on any atom is -0.337 e. The lowest BCUT2D eigenvalue weighted by Gasteiger charge is -2.23. The Labute approximate surface area is 111 Å². The highest BCUT2D eigenvalue weighted by atomic mass is 19.1. The molecule has 1 aromatic rings. The molecule has 102 valence electrons. The van der Waals surface area contributed by atoms with Crippen LogP contribution in [0.2, 0.25) is 0 Å². The van der Waals surface area contributed by atoms with Crippen LogP contribution in [0.25, 0.3) is 0 Å². The third-order valence-corrected chi connectivity index (χ3v) is 3.14. The molecule has 1 aliphatic heterocycles. The van der Waals surface area contributed by atoms with E-state index < -0.39 is 11.4 Å². The van der Waals surface area contributed by atoms with Crippen LogP contribution >= 0.6 is 0 Å². The molecule has 0 bridgehead atoms. The van der Waals surface area contributed by atoms with Gasteiger partial charge in [-0.25, -0.2) is 4.39 Å². The molecule has 1 aromatic heterocycles. The van der Waals surface area contributed by atoms with Gasteiger partial charge in [0.25, 0.3) is 5.91 Å². The van der Waals surface area contributed by atoms with Gasteiger partial charge in [0, 0.05) is 6.54 Å². The number of nitrogens with one attached hydrogen (secondary N) is 2. The Hall–Kier alpha value is -1.98. The third-order valence-electron chi connectivity index (χ3n) is 3.14. The number of carbonyl (C=O) groups excluding carboxylic acids is 1. The smallest absolute Gasteiger partial charge is 0.258 e. The summed E-state index contributed by atoms with van der Waals surface area (Å²) < 4.78 is 12.9. The average Bonchev–Trinajstić information content (AvgIpc) is 2.74. The van der Waals surface area contributed by atoms with Crippen LogP contribution < -0.4 is 10.6 Å². The van der Waals surface area contributed by atoms with E-state index in [0.29, 0.717) is 24.6 Å². The van der Waals surface area contributed by atoms with Crippen LogP contribution in [0.1, 0.15) is 32.4 Å². The number of rotatable bonds is 4. The number of halogens is 1. The van der Waals surface area contributed by atoms with Gasteiger partial charge in [0.15, 0.2) is 11.5 Å². The van der Waals surface area contributed by atoms with Crippen molar-refractivity contribution in [3.05, 3.63) is 29.8 Å². The minimum absolute atomic E-state index is 0.205. The van der Waals surface area contributed by atoms with Crippen LogP contribution in [0.5, 0.6) is 0 Å². The monoisotopic (exact) mass is 264 g/mol. The quantitative estimate of drug-likeness (QED) is 0.861. The largest absolute Gasteiger partial charge is 0.337 e. The molecule has 0 aliphatic carbocycles. The van der Waals surface area contributed by atoms with Crippen LogP contribution in [-0.2, 0) is 10.3 Å². The molecule has 2 N–H and O–H groups in total. The van der Waals surface area contributed by atoms with Gasteiger partial charge >= 0.3 is 0 Å². The Kier molecular flexibility index (Phi) is 3.78. The second-order valence-electron chi connectivity index (χ2n) is 4.43. The van der Waals surface area contributed by atoms with E-state index in [4.69, 9.17) is 0 Å². The van der Waals surface area contributed by atoms with Gasteiger partial charge in [0.05, 0.1) is 11.9 Å². The lowest BCUT2D eigenvalue weighted by atomic mass is 9.92. The lowest BCUT2D eigenvalue weighted by Crippen LogP contribution is -2.44. The van der Waals surface area contributed by atoms with Gasteiger partial charge in [-0.15, -0.1) is 0 Å². The predicted octanol–water partition coefficient (Wildman–Crippen LogP) is 1.31. The van der Waals surface area contributed by atoms with Gasteiger partial charge in [0.1, 0.15) is 5.82 Å².